The molecule has 1 saturated carbocycles. The van der Waals surface area contributed by atoms with Gasteiger partial charge in [0.05, 0.1) is 11.1 Å². The largest absolute Gasteiger partial charge is 0.353 e. The van der Waals surface area contributed by atoms with Crippen molar-refractivity contribution in [3.05, 3.63) is 20.8 Å². The lowest BCUT2D eigenvalue weighted by Gasteiger charge is -2.17. The van der Waals surface area contributed by atoms with E-state index in [1.807, 2.05) is 6.92 Å². The molecule has 1 N–H and O–H groups in total. The second-order valence-electron chi connectivity index (χ2n) is 7.96. The normalized spacial score (nSPS) is 20.5. The first-order valence-electron chi connectivity index (χ1n) is 9.95. The Morgan fingerprint density at radius 3 is 2.89 bits per heavy atom. The van der Waals surface area contributed by atoms with Gasteiger partial charge in [0.15, 0.2) is 5.16 Å². The Labute approximate surface area is 167 Å². The van der Waals surface area contributed by atoms with Crippen LogP contribution in [0.15, 0.2) is 9.95 Å². The molecule has 2 aromatic rings. The number of amides is 1. The van der Waals surface area contributed by atoms with Gasteiger partial charge in [-0.1, -0.05) is 18.7 Å². The number of carbonyl (C=O) groups excluding carboxylic acids is 1. The molecule has 0 aromatic carbocycles. The minimum Gasteiger partial charge on any atom is -0.353 e. The second-order valence-corrected chi connectivity index (χ2v) is 9.98. The van der Waals surface area contributed by atoms with Gasteiger partial charge in [0.2, 0.25) is 5.91 Å². The maximum absolute atomic E-state index is 13.1. The first-order valence-corrected chi connectivity index (χ1v) is 11.7. The van der Waals surface area contributed by atoms with Crippen LogP contribution in [0.5, 0.6) is 0 Å². The molecule has 0 aliphatic heterocycles. The van der Waals surface area contributed by atoms with Gasteiger partial charge in [-0.05, 0) is 63.4 Å². The van der Waals surface area contributed by atoms with Gasteiger partial charge in [-0.2, -0.15) is 0 Å². The topological polar surface area (TPSA) is 64.0 Å². The van der Waals surface area contributed by atoms with E-state index in [2.05, 4.69) is 19.2 Å². The molecular weight excluding hydrogens is 378 g/mol. The number of nitrogens with zero attached hydrogens (tertiary/aromatic N) is 2. The van der Waals surface area contributed by atoms with Crippen molar-refractivity contribution in [3.8, 4) is 0 Å². The summed E-state index contributed by atoms with van der Waals surface area (Å²) in [5.41, 5.74) is 1.28. The number of aryl methyl sites for hydroxylation is 1. The van der Waals surface area contributed by atoms with E-state index < -0.39 is 0 Å². The number of nitrogens with one attached hydrogen (secondary N) is 1. The van der Waals surface area contributed by atoms with E-state index in [4.69, 9.17) is 4.98 Å². The molecule has 0 unspecified atom stereocenters. The number of rotatable bonds is 6. The molecule has 2 aliphatic carbocycles. The number of hydrogen-bond donors (Lipinski definition) is 1. The molecule has 2 atom stereocenters. The van der Waals surface area contributed by atoms with E-state index in [1.165, 1.54) is 35.0 Å². The van der Waals surface area contributed by atoms with Crippen molar-refractivity contribution in [2.24, 2.45) is 11.8 Å². The first-order chi connectivity index (χ1) is 13.0. The summed E-state index contributed by atoms with van der Waals surface area (Å²) in [4.78, 5) is 32.4. The van der Waals surface area contributed by atoms with Gasteiger partial charge < -0.3 is 5.32 Å². The molecule has 7 heteroatoms. The van der Waals surface area contributed by atoms with Crippen molar-refractivity contribution < 1.29 is 4.79 Å². The molecule has 0 saturated heterocycles. The molecule has 27 heavy (non-hydrogen) atoms. The molecule has 4 rings (SSSR count). The molecule has 5 nitrogen and oxygen atoms in total. The van der Waals surface area contributed by atoms with Crippen LogP contribution in [0.1, 0.15) is 50.5 Å². The van der Waals surface area contributed by atoms with Crippen LogP contribution in [-0.2, 0) is 24.2 Å². The number of hydrogen-bond acceptors (Lipinski definition) is 5. The minimum absolute atomic E-state index is 0.0238. The van der Waals surface area contributed by atoms with Gasteiger partial charge in [0.1, 0.15) is 4.83 Å². The van der Waals surface area contributed by atoms with Crippen LogP contribution < -0.4 is 10.9 Å². The Morgan fingerprint density at radius 1 is 1.41 bits per heavy atom. The molecule has 2 aliphatic rings. The van der Waals surface area contributed by atoms with Crippen LogP contribution in [0.3, 0.4) is 0 Å². The highest BCUT2D eigenvalue weighted by molar-refractivity contribution is 7.99. The van der Waals surface area contributed by atoms with Gasteiger partial charge in [-0.25, -0.2) is 4.98 Å². The quantitative estimate of drug-likeness (QED) is 0.589. The van der Waals surface area contributed by atoms with Gasteiger partial charge in [0.25, 0.3) is 5.56 Å². The lowest BCUT2D eigenvalue weighted by Crippen LogP contribution is -2.35. The van der Waals surface area contributed by atoms with Gasteiger partial charge in [-0.15, -0.1) is 11.3 Å². The lowest BCUT2D eigenvalue weighted by atomic mass is 9.89. The lowest BCUT2D eigenvalue weighted by molar-refractivity contribution is -0.119. The van der Waals surface area contributed by atoms with Crippen LogP contribution in [0.4, 0.5) is 0 Å². The fourth-order valence-electron chi connectivity index (χ4n) is 3.93. The summed E-state index contributed by atoms with van der Waals surface area (Å²) in [5.74, 6) is 1.64. The first kappa shape index (κ1) is 19.0. The molecule has 0 spiro atoms. The highest BCUT2D eigenvalue weighted by Gasteiger charge is 2.29. The van der Waals surface area contributed by atoms with Gasteiger partial charge >= 0.3 is 0 Å². The average molecular weight is 406 g/mol. The molecule has 0 radical (unpaired) electrons. The van der Waals surface area contributed by atoms with Crippen molar-refractivity contribution >= 4 is 39.2 Å². The monoisotopic (exact) mass is 405 g/mol. The Balaban J connectivity index is 1.58. The zero-order valence-electron chi connectivity index (χ0n) is 16.2. The summed E-state index contributed by atoms with van der Waals surface area (Å²) < 4.78 is 1.73. The standard InChI is InChI=1S/C20H27N3O2S2/c1-4-23-19(25)17-14-8-5-11(2)9-15(14)27-18(17)22-20(23)26-10-16(24)21-12(3)13-6-7-13/h11-13H,4-10H2,1-3H3,(H,21,24)/t11-,12+/m0/s1. The molecule has 1 amide bonds. The van der Waals surface area contributed by atoms with E-state index in [9.17, 15) is 9.59 Å². The Hall–Kier alpha value is -1.34. The SMILES string of the molecule is CCn1c(SCC(=O)N[C@H](C)C2CC2)nc2sc3c(c2c1=O)CC[C@H](C)C3. The van der Waals surface area contributed by atoms with Crippen LogP contribution in [0.25, 0.3) is 10.2 Å². The number of carbonyl (C=O) groups is 1. The third-order valence-electron chi connectivity index (χ3n) is 5.75. The summed E-state index contributed by atoms with van der Waals surface area (Å²) >= 11 is 3.05. The van der Waals surface area contributed by atoms with Crippen molar-refractivity contribution in [1.82, 2.24) is 14.9 Å². The fourth-order valence-corrected chi connectivity index (χ4v) is 6.23. The Bertz CT molecular complexity index is 929. The molecule has 146 valence electrons. The second kappa shape index (κ2) is 7.59. The van der Waals surface area contributed by atoms with Crippen LogP contribution in [-0.4, -0.2) is 27.3 Å². The summed E-state index contributed by atoms with van der Waals surface area (Å²) in [6, 6.07) is 0.243. The van der Waals surface area contributed by atoms with Gasteiger partial charge in [0, 0.05) is 17.5 Å². The van der Waals surface area contributed by atoms with E-state index in [-0.39, 0.29) is 17.5 Å². The molecular formula is C20H27N3O2S2. The summed E-state index contributed by atoms with van der Waals surface area (Å²) in [5, 5.41) is 4.56. The van der Waals surface area contributed by atoms with Crippen LogP contribution in [0.2, 0.25) is 0 Å². The van der Waals surface area contributed by atoms with Crippen molar-refractivity contribution in [2.45, 2.75) is 70.6 Å². The van der Waals surface area contributed by atoms with Crippen LogP contribution in [0, 0.1) is 11.8 Å². The molecule has 0 bridgehead atoms. The minimum atomic E-state index is 0.0238. The fraction of sp³-hybridized carbons (Fsp3) is 0.650. The van der Waals surface area contributed by atoms with Crippen molar-refractivity contribution in [2.75, 3.05) is 5.75 Å². The summed E-state index contributed by atoms with van der Waals surface area (Å²) in [6.07, 6.45) is 5.59. The predicted octanol–water partition coefficient (Wildman–Crippen LogP) is 3.61. The Kier molecular flexibility index (Phi) is 5.34. The van der Waals surface area contributed by atoms with Crippen LogP contribution >= 0.6 is 23.1 Å². The van der Waals surface area contributed by atoms with E-state index in [0.29, 0.717) is 29.3 Å². The van der Waals surface area contributed by atoms with E-state index in [0.717, 1.165) is 29.5 Å². The number of thioether (sulfide) groups is 1. The van der Waals surface area contributed by atoms with Gasteiger partial charge in [-0.3, -0.25) is 14.2 Å². The number of aromatic nitrogens is 2. The highest BCUT2D eigenvalue weighted by atomic mass is 32.2. The third kappa shape index (κ3) is 3.81. The third-order valence-corrected chi connectivity index (χ3v) is 7.87. The van der Waals surface area contributed by atoms with Crippen molar-refractivity contribution in [3.63, 3.8) is 0 Å². The number of thiophene rings is 1. The van der Waals surface area contributed by atoms with E-state index in [1.54, 1.807) is 15.9 Å². The molecule has 1 fully saturated rings. The zero-order valence-corrected chi connectivity index (χ0v) is 17.8. The maximum atomic E-state index is 13.1. The summed E-state index contributed by atoms with van der Waals surface area (Å²) in [6.45, 7) is 6.89. The Morgan fingerprint density at radius 2 is 2.19 bits per heavy atom. The number of fused-ring (bicyclic) bond motifs is 3. The predicted molar refractivity (Wildman–Crippen MR) is 112 cm³/mol. The van der Waals surface area contributed by atoms with Crippen molar-refractivity contribution in [1.29, 1.82) is 0 Å². The smallest absolute Gasteiger partial charge is 0.263 e. The molecule has 2 aromatic heterocycles. The molecule has 2 heterocycles. The average Bonchev–Trinajstić information content (AvgIpc) is 3.41. The highest BCUT2D eigenvalue weighted by Crippen LogP contribution is 2.36. The maximum Gasteiger partial charge on any atom is 0.263 e. The summed E-state index contributed by atoms with van der Waals surface area (Å²) in [7, 11) is 0. The van der Waals surface area contributed by atoms with E-state index >= 15 is 0 Å². The zero-order chi connectivity index (χ0) is 19.1.